The molecule has 2 aromatic carbocycles. The molecule has 2 heterocycles. The van der Waals surface area contributed by atoms with Crippen molar-refractivity contribution in [3.8, 4) is 5.75 Å². The number of aryl methyl sites for hydroxylation is 1. The maximum Gasteiger partial charge on any atom is 0.261 e. The number of rotatable bonds is 1. The van der Waals surface area contributed by atoms with E-state index in [9.17, 15) is 4.79 Å². The van der Waals surface area contributed by atoms with Crippen LogP contribution < -0.4 is 10.5 Å². The van der Waals surface area contributed by atoms with Gasteiger partial charge in [-0.2, -0.15) is 0 Å². The second kappa shape index (κ2) is 6.34. The minimum atomic E-state index is -1.01. The van der Waals surface area contributed by atoms with E-state index >= 15 is 0 Å². The van der Waals surface area contributed by atoms with Gasteiger partial charge in [-0.3, -0.25) is 9.69 Å². The molecule has 28 heavy (non-hydrogen) atoms. The van der Waals surface area contributed by atoms with Gasteiger partial charge < -0.3 is 10.5 Å². The van der Waals surface area contributed by atoms with Crippen molar-refractivity contribution in [1.82, 2.24) is 4.90 Å². The molecule has 5 rings (SSSR count). The molecule has 0 aromatic heterocycles. The van der Waals surface area contributed by atoms with Crippen molar-refractivity contribution in [2.75, 3.05) is 7.05 Å². The number of fused-ring (bicyclic) bond motifs is 3. The summed E-state index contributed by atoms with van der Waals surface area (Å²) in [6.45, 7) is 0. The molecule has 2 N–H and O–H groups in total. The van der Waals surface area contributed by atoms with Gasteiger partial charge in [-0.25, -0.2) is 4.99 Å². The van der Waals surface area contributed by atoms with E-state index in [1.54, 1.807) is 7.05 Å². The van der Waals surface area contributed by atoms with Gasteiger partial charge in [-0.15, -0.1) is 0 Å². The first-order valence-corrected chi connectivity index (χ1v) is 10.5. The van der Waals surface area contributed by atoms with E-state index in [1.807, 2.05) is 18.2 Å². The Morgan fingerprint density at radius 3 is 2.89 bits per heavy atom. The lowest BCUT2D eigenvalue weighted by Crippen LogP contribution is -2.47. The van der Waals surface area contributed by atoms with Crippen LogP contribution in [-0.4, -0.2) is 29.9 Å². The molecule has 1 amide bonds. The quantitative estimate of drug-likeness (QED) is 0.736. The SMILES string of the molecule is CN1C(=O)C2(CC(C3CCCc4ccccc43)Oc3ccc(Br)cc32)N=C1N. The molecule has 0 saturated carbocycles. The first kappa shape index (κ1) is 17.7. The molecule has 2 aliphatic heterocycles. The summed E-state index contributed by atoms with van der Waals surface area (Å²) >= 11 is 3.52. The van der Waals surface area contributed by atoms with E-state index in [-0.39, 0.29) is 23.9 Å². The lowest BCUT2D eigenvalue weighted by molar-refractivity contribution is -0.132. The number of aliphatic imine (C=N–C) groups is 1. The number of hydrogen-bond donors (Lipinski definition) is 1. The van der Waals surface area contributed by atoms with E-state index in [1.165, 1.54) is 16.0 Å². The molecule has 1 aliphatic carbocycles. The number of halogens is 1. The second-order valence-electron chi connectivity index (χ2n) is 7.89. The molecule has 0 saturated heterocycles. The Morgan fingerprint density at radius 1 is 1.29 bits per heavy atom. The molecule has 0 radical (unpaired) electrons. The topological polar surface area (TPSA) is 67.9 Å². The van der Waals surface area contributed by atoms with Gasteiger partial charge in [-0.05, 0) is 48.6 Å². The standard InChI is InChI=1S/C22H22BrN3O2/c1-26-20(27)22(25-21(26)24)12-19(28-18-10-9-14(23)11-17(18)22)16-8-4-6-13-5-2-3-7-15(13)16/h2-3,5,7,9-11,16,19H,4,6,8,12H2,1H3,(H2,24,25). The van der Waals surface area contributed by atoms with Gasteiger partial charge in [0.2, 0.25) is 0 Å². The van der Waals surface area contributed by atoms with Crippen molar-refractivity contribution in [2.45, 2.75) is 43.2 Å². The van der Waals surface area contributed by atoms with Crippen LogP contribution >= 0.6 is 15.9 Å². The highest BCUT2D eigenvalue weighted by Crippen LogP contribution is 2.50. The summed E-state index contributed by atoms with van der Waals surface area (Å²) in [5, 5.41) is 0. The Labute approximate surface area is 172 Å². The third-order valence-electron chi connectivity index (χ3n) is 6.33. The van der Waals surface area contributed by atoms with E-state index in [0.29, 0.717) is 6.42 Å². The number of carbonyl (C=O) groups is 1. The van der Waals surface area contributed by atoms with Gasteiger partial charge in [0.05, 0.1) is 0 Å². The second-order valence-corrected chi connectivity index (χ2v) is 8.81. The summed E-state index contributed by atoms with van der Waals surface area (Å²) < 4.78 is 7.38. The largest absolute Gasteiger partial charge is 0.489 e. The van der Waals surface area contributed by atoms with Crippen LogP contribution in [0.4, 0.5) is 0 Å². The van der Waals surface area contributed by atoms with Crippen molar-refractivity contribution >= 4 is 27.8 Å². The monoisotopic (exact) mass is 439 g/mol. The zero-order chi connectivity index (χ0) is 19.5. The predicted molar refractivity (Wildman–Crippen MR) is 111 cm³/mol. The molecule has 3 atom stereocenters. The number of carbonyl (C=O) groups excluding carboxylic acids is 1. The number of likely N-dealkylation sites (N-methyl/N-ethyl adjacent to an activating group) is 1. The van der Waals surface area contributed by atoms with Crippen LogP contribution in [0, 0.1) is 0 Å². The summed E-state index contributed by atoms with van der Waals surface area (Å²) in [4.78, 5) is 19.5. The molecule has 5 nitrogen and oxygen atoms in total. The Balaban J connectivity index is 1.63. The fraction of sp³-hybridized carbons (Fsp3) is 0.364. The minimum absolute atomic E-state index is 0.0817. The van der Waals surface area contributed by atoms with E-state index in [0.717, 1.165) is 35.0 Å². The molecular weight excluding hydrogens is 418 g/mol. The van der Waals surface area contributed by atoms with Crippen LogP contribution in [0.5, 0.6) is 5.75 Å². The summed E-state index contributed by atoms with van der Waals surface area (Å²) in [6, 6.07) is 14.4. The van der Waals surface area contributed by atoms with Crippen molar-refractivity contribution in [2.24, 2.45) is 10.7 Å². The highest BCUT2D eigenvalue weighted by atomic mass is 79.9. The van der Waals surface area contributed by atoms with E-state index in [2.05, 4.69) is 40.2 Å². The van der Waals surface area contributed by atoms with Gasteiger partial charge in [-0.1, -0.05) is 40.2 Å². The number of nitrogens with zero attached hydrogens (tertiary/aromatic N) is 2. The van der Waals surface area contributed by atoms with E-state index in [4.69, 9.17) is 15.5 Å². The number of benzene rings is 2. The van der Waals surface area contributed by atoms with Gasteiger partial charge in [0.15, 0.2) is 11.5 Å². The third kappa shape index (κ3) is 2.50. The fourth-order valence-electron chi connectivity index (χ4n) is 4.94. The van der Waals surface area contributed by atoms with Gasteiger partial charge >= 0.3 is 0 Å². The van der Waals surface area contributed by atoms with Crippen LogP contribution in [0.1, 0.15) is 41.9 Å². The number of hydrogen-bond acceptors (Lipinski definition) is 4. The molecule has 6 heteroatoms. The van der Waals surface area contributed by atoms with Crippen LogP contribution in [0.3, 0.4) is 0 Å². The Kier molecular flexibility index (Phi) is 4.02. The Bertz CT molecular complexity index is 1010. The van der Waals surface area contributed by atoms with Gasteiger partial charge in [0.25, 0.3) is 5.91 Å². The third-order valence-corrected chi connectivity index (χ3v) is 6.83. The number of ether oxygens (including phenoxy) is 1. The van der Waals surface area contributed by atoms with Crippen molar-refractivity contribution in [3.05, 3.63) is 63.6 Å². The highest BCUT2D eigenvalue weighted by molar-refractivity contribution is 9.10. The van der Waals surface area contributed by atoms with Gasteiger partial charge in [0, 0.05) is 29.4 Å². The summed E-state index contributed by atoms with van der Waals surface area (Å²) in [5.74, 6) is 1.15. The summed E-state index contributed by atoms with van der Waals surface area (Å²) in [6.07, 6.45) is 3.65. The maximum absolute atomic E-state index is 13.3. The average molecular weight is 440 g/mol. The Hall–Kier alpha value is -2.34. The predicted octanol–water partition coefficient (Wildman–Crippen LogP) is 3.70. The fourth-order valence-corrected chi connectivity index (χ4v) is 5.31. The molecular formula is C22H22BrN3O2. The first-order chi connectivity index (χ1) is 13.5. The Morgan fingerprint density at radius 2 is 2.11 bits per heavy atom. The summed E-state index contributed by atoms with van der Waals surface area (Å²) in [7, 11) is 1.69. The van der Waals surface area contributed by atoms with Crippen molar-refractivity contribution in [1.29, 1.82) is 0 Å². The number of amides is 1. The van der Waals surface area contributed by atoms with Crippen LogP contribution in [0.2, 0.25) is 0 Å². The molecule has 3 aliphatic rings. The molecule has 3 unspecified atom stereocenters. The van der Waals surface area contributed by atoms with Gasteiger partial charge in [0.1, 0.15) is 11.9 Å². The maximum atomic E-state index is 13.3. The molecule has 0 bridgehead atoms. The lowest BCUT2D eigenvalue weighted by Gasteiger charge is -2.41. The molecule has 1 spiro atoms. The molecule has 144 valence electrons. The highest BCUT2D eigenvalue weighted by Gasteiger charge is 2.54. The van der Waals surface area contributed by atoms with E-state index < -0.39 is 5.54 Å². The average Bonchev–Trinajstić information content (AvgIpc) is 2.92. The molecule has 0 fully saturated rings. The van der Waals surface area contributed by atoms with Crippen LogP contribution in [0.15, 0.2) is 51.9 Å². The number of nitrogens with two attached hydrogens (primary N) is 1. The zero-order valence-electron chi connectivity index (χ0n) is 15.7. The summed E-state index contributed by atoms with van der Waals surface area (Å²) in [5.41, 5.74) is 8.58. The van der Waals surface area contributed by atoms with Crippen LogP contribution in [-0.2, 0) is 16.8 Å². The lowest BCUT2D eigenvalue weighted by atomic mass is 9.73. The van der Waals surface area contributed by atoms with Crippen molar-refractivity contribution < 1.29 is 9.53 Å². The number of guanidine groups is 1. The van der Waals surface area contributed by atoms with Crippen LogP contribution in [0.25, 0.3) is 0 Å². The smallest absolute Gasteiger partial charge is 0.261 e. The van der Waals surface area contributed by atoms with Crippen molar-refractivity contribution in [3.63, 3.8) is 0 Å². The molecule has 2 aromatic rings. The first-order valence-electron chi connectivity index (χ1n) is 9.67. The minimum Gasteiger partial charge on any atom is -0.489 e. The normalized spacial score (nSPS) is 28.6. The zero-order valence-corrected chi connectivity index (χ0v) is 17.3.